The highest BCUT2D eigenvalue weighted by Crippen LogP contribution is 2.04. The summed E-state index contributed by atoms with van der Waals surface area (Å²) in [5.74, 6) is 0.575. The number of hydrogen-bond acceptors (Lipinski definition) is 5. The van der Waals surface area contributed by atoms with Gasteiger partial charge in [0.1, 0.15) is 5.82 Å². The van der Waals surface area contributed by atoms with Crippen molar-refractivity contribution in [1.29, 1.82) is 0 Å². The van der Waals surface area contributed by atoms with E-state index in [-0.39, 0.29) is 5.91 Å². The van der Waals surface area contributed by atoms with E-state index in [0.717, 1.165) is 19.4 Å². The molecule has 0 aliphatic rings. The minimum Gasteiger partial charge on any atom is -0.385 e. The van der Waals surface area contributed by atoms with E-state index in [4.69, 9.17) is 4.74 Å². The number of carbonyl (C=O) groups is 1. The van der Waals surface area contributed by atoms with Crippen LogP contribution in [0.15, 0.2) is 12.1 Å². The fourth-order valence-corrected chi connectivity index (χ4v) is 1.54. The molecule has 1 amide bonds. The Bertz CT molecular complexity index is 381. The van der Waals surface area contributed by atoms with Crippen molar-refractivity contribution < 1.29 is 9.53 Å². The zero-order chi connectivity index (χ0) is 14.1. The largest absolute Gasteiger partial charge is 0.385 e. The van der Waals surface area contributed by atoms with E-state index < -0.39 is 0 Å². The molecule has 1 N–H and O–H groups in total. The predicted octanol–water partition coefficient (Wildman–Crippen LogP) is 1.41. The third kappa shape index (κ3) is 5.21. The fourth-order valence-electron chi connectivity index (χ4n) is 1.54. The first-order valence-corrected chi connectivity index (χ1v) is 6.51. The van der Waals surface area contributed by atoms with Crippen molar-refractivity contribution in [2.45, 2.75) is 19.8 Å². The summed E-state index contributed by atoms with van der Waals surface area (Å²) in [6.07, 6.45) is 1.83. The van der Waals surface area contributed by atoms with Crippen LogP contribution in [0.3, 0.4) is 0 Å². The summed E-state index contributed by atoms with van der Waals surface area (Å²) < 4.78 is 4.96. The smallest absolute Gasteiger partial charge is 0.274 e. The molecule has 106 valence electrons. The number of nitrogens with one attached hydrogen (secondary N) is 1. The summed E-state index contributed by atoms with van der Waals surface area (Å²) in [6, 6.07) is 3.47. The second kappa shape index (κ2) is 8.42. The highest BCUT2D eigenvalue weighted by Gasteiger charge is 2.13. The van der Waals surface area contributed by atoms with Crippen molar-refractivity contribution in [2.75, 3.05) is 39.2 Å². The first kappa shape index (κ1) is 15.4. The molecule has 0 fully saturated rings. The maximum Gasteiger partial charge on any atom is 0.274 e. The summed E-state index contributed by atoms with van der Waals surface area (Å²) in [5, 5.41) is 11.0. The maximum atomic E-state index is 12.0. The van der Waals surface area contributed by atoms with Gasteiger partial charge in [0.05, 0.1) is 0 Å². The van der Waals surface area contributed by atoms with E-state index >= 15 is 0 Å². The lowest BCUT2D eigenvalue weighted by Gasteiger charge is -2.16. The van der Waals surface area contributed by atoms with E-state index in [1.165, 1.54) is 0 Å². The quantitative estimate of drug-likeness (QED) is 0.720. The Kier molecular flexibility index (Phi) is 6.81. The van der Waals surface area contributed by atoms with E-state index in [2.05, 4.69) is 22.4 Å². The predicted molar refractivity (Wildman–Crippen MR) is 74.3 cm³/mol. The monoisotopic (exact) mass is 266 g/mol. The molecule has 0 aromatic carbocycles. The number of amides is 1. The molecular weight excluding hydrogens is 244 g/mol. The Morgan fingerprint density at radius 2 is 2.21 bits per heavy atom. The van der Waals surface area contributed by atoms with Crippen LogP contribution in [0.2, 0.25) is 0 Å². The van der Waals surface area contributed by atoms with Gasteiger partial charge >= 0.3 is 0 Å². The summed E-state index contributed by atoms with van der Waals surface area (Å²) in [4.78, 5) is 13.7. The van der Waals surface area contributed by atoms with Gasteiger partial charge in [-0.25, -0.2) is 0 Å². The molecule has 0 unspecified atom stereocenters. The normalized spacial score (nSPS) is 10.3. The van der Waals surface area contributed by atoms with Crippen molar-refractivity contribution in [2.24, 2.45) is 0 Å². The van der Waals surface area contributed by atoms with Crippen molar-refractivity contribution in [1.82, 2.24) is 15.1 Å². The molecule has 19 heavy (non-hydrogen) atoms. The third-order valence-electron chi connectivity index (χ3n) is 2.63. The molecule has 0 saturated heterocycles. The summed E-state index contributed by atoms with van der Waals surface area (Å²) in [7, 11) is 3.40. The van der Waals surface area contributed by atoms with Crippen LogP contribution in [-0.2, 0) is 4.74 Å². The van der Waals surface area contributed by atoms with Gasteiger partial charge < -0.3 is 15.0 Å². The Hall–Kier alpha value is -1.69. The average molecular weight is 266 g/mol. The third-order valence-corrected chi connectivity index (χ3v) is 2.63. The van der Waals surface area contributed by atoms with Crippen LogP contribution in [0, 0.1) is 0 Å². The second-order valence-corrected chi connectivity index (χ2v) is 4.30. The summed E-state index contributed by atoms with van der Waals surface area (Å²) in [6.45, 7) is 4.21. The molecule has 0 aliphatic heterocycles. The molecule has 1 heterocycles. The summed E-state index contributed by atoms with van der Waals surface area (Å²) in [5.41, 5.74) is 0.363. The average Bonchev–Trinajstić information content (AvgIpc) is 2.45. The van der Waals surface area contributed by atoms with Crippen LogP contribution in [0.25, 0.3) is 0 Å². The van der Waals surface area contributed by atoms with Gasteiger partial charge in [0.2, 0.25) is 0 Å². The molecule has 0 radical (unpaired) electrons. The molecule has 0 aliphatic carbocycles. The van der Waals surface area contributed by atoms with Crippen LogP contribution in [0.4, 0.5) is 5.82 Å². The molecule has 0 atom stereocenters. The molecule has 1 rings (SSSR count). The lowest BCUT2D eigenvalue weighted by Crippen LogP contribution is -2.29. The zero-order valence-electron chi connectivity index (χ0n) is 11.8. The van der Waals surface area contributed by atoms with Gasteiger partial charge in [-0.05, 0) is 25.0 Å². The molecule has 6 heteroatoms. The van der Waals surface area contributed by atoms with Crippen LogP contribution in [0.1, 0.15) is 30.3 Å². The minimum absolute atomic E-state index is 0.120. The van der Waals surface area contributed by atoms with Gasteiger partial charge in [0.25, 0.3) is 5.91 Å². The first-order chi connectivity index (χ1) is 9.19. The van der Waals surface area contributed by atoms with Gasteiger partial charge in [0, 0.05) is 33.9 Å². The number of rotatable bonds is 8. The number of carbonyl (C=O) groups excluding carboxylic acids is 1. The number of anilines is 1. The van der Waals surface area contributed by atoms with Gasteiger partial charge in [-0.1, -0.05) is 6.92 Å². The van der Waals surface area contributed by atoms with Gasteiger partial charge in [-0.15, -0.1) is 10.2 Å². The Labute approximate surface area is 114 Å². The first-order valence-electron chi connectivity index (χ1n) is 6.51. The van der Waals surface area contributed by atoms with Crippen LogP contribution >= 0.6 is 0 Å². The van der Waals surface area contributed by atoms with Gasteiger partial charge in [0.15, 0.2) is 5.69 Å². The molecule has 1 aromatic rings. The molecule has 0 bridgehead atoms. The van der Waals surface area contributed by atoms with E-state index in [1.807, 2.05) is 0 Å². The zero-order valence-corrected chi connectivity index (χ0v) is 11.8. The highest BCUT2D eigenvalue weighted by atomic mass is 16.5. The SMILES string of the molecule is CCCNc1ccc(C(=O)N(C)CCCOC)nn1. The Balaban J connectivity index is 2.52. The highest BCUT2D eigenvalue weighted by molar-refractivity contribution is 5.92. The van der Waals surface area contributed by atoms with E-state index in [9.17, 15) is 4.79 Å². The molecule has 0 saturated carbocycles. The van der Waals surface area contributed by atoms with Crippen molar-refractivity contribution >= 4 is 11.7 Å². The van der Waals surface area contributed by atoms with Crippen LogP contribution in [0.5, 0.6) is 0 Å². The fraction of sp³-hybridized carbons (Fsp3) is 0.615. The van der Waals surface area contributed by atoms with E-state index in [1.54, 1.807) is 31.2 Å². The molecular formula is C13H22N4O2. The van der Waals surface area contributed by atoms with Crippen LogP contribution in [-0.4, -0.2) is 54.9 Å². The van der Waals surface area contributed by atoms with Gasteiger partial charge in [-0.2, -0.15) is 0 Å². The number of ether oxygens (including phenoxy) is 1. The number of methoxy groups -OCH3 is 1. The lowest BCUT2D eigenvalue weighted by molar-refractivity contribution is 0.0772. The van der Waals surface area contributed by atoms with E-state index in [0.29, 0.717) is 24.7 Å². The van der Waals surface area contributed by atoms with Crippen molar-refractivity contribution in [3.8, 4) is 0 Å². The Morgan fingerprint density at radius 3 is 2.79 bits per heavy atom. The number of hydrogen-bond donors (Lipinski definition) is 1. The van der Waals surface area contributed by atoms with Crippen molar-refractivity contribution in [3.05, 3.63) is 17.8 Å². The molecule has 6 nitrogen and oxygen atoms in total. The topological polar surface area (TPSA) is 67.4 Å². The minimum atomic E-state index is -0.120. The van der Waals surface area contributed by atoms with Crippen LogP contribution < -0.4 is 5.32 Å². The van der Waals surface area contributed by atoms with Gasteiger partial charge in [-0.3, -0.25) is 4.79 Å². The molecule has 1 aromatic heterocycles. The maximum absolute atomic E-state index is 12.0. The summed E-state index contributed by atoms with van der Waals surface area (Å²) >= 11 is 0. The number of aromatic nitrogens is 2. The standard InChI is InChI=1S/C13H22N4O2/c1-4-8-14-12-7-6-11(15-16-12)13(18)17(2)9-5-10-19-3/h6-7H,4-5,8-10H2,1-3H3,(H,14,16). The lowest BCUT2D eigenvalue weighted by atomic mass is 10.3. The number of nitrogens with zero attached hydrogens (tertiary/aromatic N) is 3. The van der Waals surface area contributed by atoms with Crippen molar-refractivity contribution in [3.63, 3.8) is 0 Å². The second-order valence-electron chi connectivity index (χ2n) is 4.30. The molecule has 0 spiro atoms. The Morgan fingerprint density at radius 1 is 1.42 bits per heavy atom.